The first-order chi connectivity index (χ1) is 6.74. The maximum atomic E-state index is 4.02. The van der Waals surface area contributed by atoms with E-state index in [1.54, 1.807) is 0 Å². The van der Waals surface area contributed by atoms with Gasteiger partial charge in [0.25, 0.3) is 0 Å². The normalized spacial score (nSPS) is 16.0. The molecule has 1 heterocycles. The van der Waals surface area contributed by atoms with E-state index in [-0.39, 0.29) is 0 Å². The van der Waals surface area contributed by atoms with Crippen LogP contribution in [0, 0.1) is 0 Å². The second-order valence-corrected chi connectivity index (χ2v) is 3.95. The van der Waals surface area contributed by atoms with E-state index in [0.717, 1.165) is 12.2 Å². The number of hydrogen-bond acceptors (Lipinski definition) is 1. The molecule has 0 aromatic rings. The molecule has 0 aromatic heterocycles. The predicted molar refractivity (Wildman–Crippen MR) is 62.9 cm³/mol. The monoisotopic (exact) mass is 191 g/mol. The fraction of sp³-hybridized carbons (Fsp3) is 0.538. The van der Waals surface area contributed by atoms with Crippen LogP contribution in [-0.2, 0) is 0 Å². The lowest BCUT2D eigenvalue weighted by Gasteiger charge is -2.24. The van der Waals surface area contributed by atoms with E-state index in [1.165, 1.54) is 31.3 Å². The molecule has 0 atom stereocenters. The van der Waals surface area contributed by atoms with Gasteiger partial charge in [0.05, 0.1) is 0 Å². The molecule has 0 spiro atoms. The highest BCUT2D eigenvalue weighted by Crippen LogP contribution is 2.15. The molecule has 0 saturated carbocycles. The third-order valence-electron chi connectivity index (χ3n) is 2.52. The summed E-state index contributed by atoms with van der Waals surface area (Å²) in [5.74, 6) is 0. The van der Waals surface area contributed by atoms with Gasteiger partial charge in [-0.1, -0.05) is 38.8 Å². The van der Waals surface area contributed by atoms with Gasteiger partial charge in [0, 0.05) is 18.4 Å². The van der Waals surface area contributed by atoms with Crippen molar-refractivity contribution in [3.05, 3.63) is 36.2 Å². The first-order valence-corrected chi connectivity index (χ1v) is 5.56. The van der Waals surface area contributed by atoms with Crippen molar-refractivity contribution in [2.24, 2.45) is 0 Å². The summed E-state index contributed by atoms with van der Waals surface area (Å²) >= 11 is 0. The third kappa shape index (κ3) is 3.41. The summed E-state index contributed by atoms with van der Waals surface area (Å²) in [5, 5.41) is 0. The highest BCUT2D eigenvalue weighted by atomic mass is 15.1. The van der Waals surface area contributed by atoms with Gasteiger partial charge in [0.15, 0.2) is 0 Å². The molecule has 1 nitrogen and oxygen atoms in total. The highest BCUT2D eigenvalue weighted by molar-refractivity contribution is 5.30. The Morgan fingerprint density at radius 2 is 2.00 bits per heavy atom. The maximum Gasteiger partial charge on any atom is 0.0333 e. The molecule has 1 aliphatic heterocycles. The molecule has 0 saturated heterocycles. The van der Waals surface area contributed by atoms with Crippen LogP contribution >= 0.6 is 0 Å². The molecular formula is C13H21N. The fourth-order valence-electron chi connectivity index (χ4n) is 1.61. The van der Waals surface area contributed by atoms with Gasteiger partial charge in [-0.2, -0.15) is 0 Å². The second kappa shape index (κ2) is 5.69. The Morgan fingerprint density at radius 1 is 1.21 bits per heavy atom. The quantitative estimate of drug-likeness (QED) is 0.596. The smallest absolute Gasteiger partial charge is 0.0333 e. The van der Waals surface area contributed by atoms with Crippen molar-refractivity contribution >= 4 is 0 Å². The summed E-state index contributed by atoms with van der Waals surface area (Å²) in [4.78, 5) is 2.25. The summed E-state index contributed by atoms with van der Waals surface area (Å²) < 4.78 is 0. The number of hydrogen-bond donors (Lipinski definition) is 0. The number of unbranched alkanes of at least 4 members (excludes halogenated alkanes) is 3. The van der Waals surface area contributed by atoms with Gasteiger partial charge in [-0.15, -0.1) is 0 Å². The molecule has 0 fully saturated rings. The molecule has 1 aliphatic rings. The zero-order valence-electron chi connectivity index (χ0n) is 9.42. The van der Waals surface area contributed by atoms with Crippen molar-refractivity contribution in [1.82, 2.24) is 4.90 Å². The van der Waals surface area contributed by atoms with Crippen LogP contribution in [0.15, 0.2) is 36.2 Å². The summed E-state index contributed by atoms with van der Waals surface area (Å²) in [6.45, 7) is 9.50. The van der Waals surface area contributed by atoms with Gasteiger partial charge < -0.3 is 4.90 Å². The SMILES string of the molecule is C=C1C=CC(C)=CN1CCCCCC. The minimum Gasteiger partial charge on any atom is -0.348 e. The minimum atomic E-state index is 1.11. The molecule has 1 rings (SSSR count). The van der Waals surface area contributed by atoms with E-state index in [4.69, 9.17) is 0 Å². The zero-order valence-corrected chi connectivity index (χ0v) is 9.42. The first-order valence-electron chi connectivity index (χ1n) is 5.56. The second-order valence-electron chi connectivity index (χ2n) is 3.95. The summed E-state index contributed by atoms with van der Waals surface area (Å²) in [5.41, 5.74) is 2.43. The molecule has 78 valence electrons. The lowest BCUT2D eigenvalue weighted by atomic mass is 10.1. The Morgan fingerprint density at radius 3 is 2.71 bits per heavy atom. The van der Waals surface area contributed by atoms with Crippen LogP contribution in [-0.4, -0.2) is 11.4 Å². The Hall–Kier alpha value is -0.980. The van der Waals surface area contributed by atoms with Crippen LogP contribution in [0.5, 0.6) is 0 Å². The van der Waals surface area contributed by atoms with E-state index >= 15 is 0 Å². The average molecular weight is 191 g/mol. The van der Waals surface area contributed by atoms with Crippen molar-refractivity contribution < 1.29 is 0 Å². The first kappa shape index (κ1) is 11.1. The van der Waals surface area contributed by atoms with Crippen LogP contribution in [0.1, 0.15) is 39.5 Å². The van der Waals surface area contributed by atoms with E-state index in [1.807, 2.05) is 0 Å². The van der Waals surface area contributed by atoms with Crippen LogP contribution in [0.25, 0.3) is 0 Å². The molecule has 0 radical (unpaired) electrons. The highest BCUT2D eigenvalue weighted by Gasteiger charge is 2.05. The van der Waals surface area contributed by atoms with E-state index in [0.29, 0.717) is 0 Å². The molecule has 0 bridgehead atoms. The van der Waals surface area contributed by atoms with Crippen LogP contribution < -0.4 is 0 Å². The maximum absolute atomic E-state index is 4.02. The van der Waals surface area contributed by atoms with Crippen molar-refractivity contribution in [3.8, 4) is 0 Å². The fourth-order valence-corrected chi connectivity index (χ4v) is 1.61. The van der Waals surface area contributed by atoms with Crippen LogP contribution in [0.4, 0.5) is 0 Å². The van der Waals surface area contributed by atoms with Gasteiger partial charge in [-0.3, -0.25) is 0 Å². The Labute approximate surface area is 87.8 Å². The van der Waals surface area contributed by atoms with Crippen molar-refractivity contribution in [3.63, 3.8) is 0 Å². The largest absolute Gasteiger partial charge is 0.348 e. The molecule has 0 amide bonds. The third-order valence-corrected chi connectivity index (χ3v) is 2.52. The van der Waals surface area contributed by atoms with Gasteiger partial charge in [-0.25, -0.2) is 0 Å². The summed E-state index contributed by atoms with van der Waals surface area (Å²) in [7, 11) is 0. The Bertz CT molecular complexity index is 248. The molecule has 0 unspecified atom stereocenters. The van der Waals surface area contributed by atoms with Crippen molar-refractivity contribution in [2.45, 2.75) is 39.5 Å². The predicted octanol–water partition coefficient (Wildman–Crippen LogP) is 3.86. The topological polar surface area (TPSA) is 3.24 Å². The van der Waals surface area contributed by atoms with Crippen LogP contribution in [0.3, 0.4) is 0 Å². The van der Waals surface area contributed by atoms with Crippen molar-refractivity contribution in [1.29, 1.82) is 0 Å². The van der Waals surface area contributed by atoms with E-state index in [9.17, 15) is 0 Å². The van der Waals surface area contributed by atoms with Crippen molar-refractivity contribution in [2.75, 3.05) is 6.54 Å². The number of nitrogens with zero attached hydrogens (tertiary/aromatic N) is 1. The molecule has 14 heavy (non-hydrogen) atoms. The van der Waals surface area contributed by atoms with Gasteiger partial charge in [0.2, 0.25) is 0 Å². The lowest BCUT2D eigenvalue weighted by molar-refractivity contribution is 0.446. The molecule has 1 heteroatoms. The van der Waals surface area contributed by atoms with Gasteiger partial charge in [0.1, 0.15) is 0 Å². The minimum absolute atomic E-state index is 1.11. The molecule has 0 aliphatic carbocycles. The summed E-state index contributed by atoms with van der Waals surface area (Å²) in [6, 6.07) is 0. The molecular weight excluding hydrogens is 170 g/mol. The van der Waals surface area contributed by atoms with Gasteiger partial charge in [-0.05, 0) is 25.0 Å². The standard InChI is InChI=1S/C13H21N/c1-4-5-6-7-10-14-11-12(2)8-9-13(14)3/h8-9,11H,3-7,10H2,1-2H3. The van der Waals surface area contributed by atoms with E-state index < -0.39 is 0 Å². The Kier molecular flexibility index (Phi) is 4.51. The molecule has 0 aromatic carbocycles. The lowest BCUT2D eigenvalue weighted by Crippen LogP contribution is -2.18. The van der Waals surface area contributed by atoms with E-state index in [2.05, 4.69) is 43.7 Å². The molecule has 0 N–H and O–H groups in total. The van der Waals surface area contributed by atoms with Gasteiger partial charge >= 0.3 is 0 Å². The Balaban J connectivity index is 2.30. The average Bonchev–Trinajstić information content (AvgIpc) is 2.18. The number of rotatable bonds is 5. The zero-order chi connectivity index (χ0) is 10.4. The number of allylic oxidation sites excluding steroid dienone is 3. The summed E-state index contributed by atoms with van der Waals surface area (Å²) in [6.07, 6.45) is 11.6. The van der Waals surface area contributed by atoms with Crippen LogP contribution in [0.2, 0.25) is 0 Å².